The summed E-state index contributed by atoms with van der Waals surface area (Å²) in [5.41, 5.74) is 1.65. The van der Waals surface area contributed by atoms with Crippen molar-refractivity contribution in [1.29, 1.82) is 0 Å². The van der Waals surface area contributed by atoms with Crippen LogP contribution in [0.15, 0.2) is 33.5 Å². The van der Waals surface area contributed by atoms with E-state index in [0.717, 1.165) is 17.4 Å². The Labute approximate surface area is 155 Å². The smallest absolute Gasteiger partial charge is 0.336 e. The van der Waals surface area contributed by atoms with Crippen molar-refractivity contribution in [2.75, 3.05) is 17.3 Å². The first kappa shape index (κ1) is 19.0. The number of carbonyl (C=O) groups is 1. The van der Waals surface area contributed by atoms with Crippen LogP contribution in [0.4, 0.5) is 0 Å². The maximum Gasteiger partial charge on any atom is 0.336 e. The van der Waals surface area contributed by atoms with Crippen molar-refractivity contribution in [3.8, 4) is 0 Å². The number of rotatable bonds is 6. The topological polar surface area (TPSA) is 90.7 Å². The number of esters is 1. The largest absolute Gasteiger partial charge is 0.460 e. The van der Waals surface area contributed by atoms with Crippen LogP contribution in [-0.4, -0.2) is 36.9 Å². The molecule has 8 heteroatoms. The third kappa shape index (κ3) is 4.67. The molecule has 0 N–H and O–H groups in total. The van der Waals surface area contributed by atoms with Gasteiger partial charge >= 0.3 is 11.6 Å². The summed E-state index contributed by atoms with van der Waals surface area (Å²) >= 11 is 1.31. The molecule has 1 aliphatic heterocycles. The predicted octanol–water partition coefficient (Wildman–Crippen LogP) is 2.32. The van der Waals surface area contributed by atoms with Gasteiger partial charge in [-0.1, -0.05) is 19.1 Å². The lowest BCUT2D eigenvalue weighted by Gasteiger charge is -2.09. The zero-order chi connectivity index (χ0) is 18.7. The van der Waals surface area contributed by atoms with Crippen molar-refractivity contribution in [2.24, 2.45) is 0 Å². The van der Waals surface area contributed by atoms with Crippen molar-refractivity contribution < 1.29 is 22.4 Å². The van der Waals surface area contributed by atoms with Crippen LogP contribution < -0.4 is 5.63 Å². The Morgan fingerprint density at radius 3 is 2.85 bits per heavy atom. The fraction of sp³-hybridized carbons (Fsp3) is 0.444. The summed E-state index contributed by atoms with van der Waals surface area (Å²) < 4.78 is 33.4. The summed E-state index contributed by atoms with van der Waals surface area (Å²) in [4.78, 5) is 23.7. The number of aryl methyl sites for hydroxylation is 1. The molecule has 0 bridgehead atoms. The number of carbonyl (C=O) groups excluding carboxylic acids is 1. The van der Waals surface area contributed by atoms with Gasteiger partial charge in [-0.05, 0) is 24.5 Å². The van der Waals surface area contributed by atoms with Crippen molar-refractivity contribution in [1.82, 2.24) is 0 Å². The van der Waals surface area contributed by atoms with E-state index in [1.54, 1.807) is 0 Å². The summed E-state index contributed by atoms with van der Waals surface area (Å²) in [6.07, 6.45) is 1.40. The lowest BCUT2D eigenvalue weighted by molar-refractivity contribution is -0.141. The molecule has 1 saturated heterocycles. The molecule has 0 aliphatic carbocycles. The first-order chi connectivity index (χ1) is 12.4. The molecule has 140 valence electrons. The van der Waals surface area contributed by atoms with Gasteiger partial charge in [0.05, 0.1) is 17.3 Å². The zero-order valence-electron chi connectivity index (χ0n) is 14.4. The molecule has 3 rings (SSSR count). The maximum absolute atomic E-state index is 12.0. The Kier molecular flexibility index (Phi) is 5.72. The molecule has 2 heterocycles. The number of ether oxygens (including phenoxy) is 1. The second-order valence-corrected chi connectivity index (χ2v) is 9.79. The van der Waals surface area contributed by atoms with E-state index in [9.17, 15) is 18.0 Å². The number of hydrogen-bond donors (Lipinski definition) is 0. The van der Waals surface area contributed by atoms with Gasteiger partial charge in [-0.15, -0.1) is 11.8 Å². The lowest BCUT2D eigenvalue weighted by atomic mass is 10.1. The van der Waals surface area contributed by atoms with Gasteiger partial charge in [0, 0.05) is 22.3 Å². The van der Waals surface area contributed by atoms with Crippen molar-refractivity contribution in [3.63, 3.8) is 0 Å². The fourth-order valence-corrected chi connectivity index (χ4v) is 6.33. The number of fused-ring (bicyclic) bond motifs is 1. The molecule has 0 unspecified atom stereocenters. The molecule has 0 radical (unpaired) electrons. The van der Waals surface area contributed by atoms with E-state index < -0.39 is 21.4 Å². The number of sulfone groups is 1. The van der Waals surface area contributed by atoms with Crippen LogP contribution in [0.2, 0.25) is 0 Å². The van der Waals surface area contributed by atoms with Gasteiger partial charge in [-0.25, -0.2) is 13.2 Å². The minimum Gasteiger partial charge on any atom is -0.460 e. The normalized spacial score (nSPS) is 18.9. The second-order valence-electron chi connectivity index (χ2n) is 6.27. The Morgan fingerprint density at radius 2 is 2.15 bits per heavy atom. The Bertz CT molecular complexity index is 977. The highest BCUT2D eigenvalue weighted by atomic mass is 32.2. The molecule has 1 atom stereocenters. The highest BCUT2D eigenvalue weighted by Crippen LogP contribution is 2.25. The summed E-state index contributed by atoms with van der Waals surface area (Å²) in [6, 6.07) is 6.96. The molecule has 0 amide bonds. The fourth-order valence-electron chi connectivity index (χ4n) is 2.89. The molecule has 1 fully saturated rings. The van der Waals surface area contributed by atoms with Gasteiger partial charge in [-0.3, -0.25) is 4.79 Å². The van der Waals surface area contributed by atoms with E-state index in [-0.39, 0.29) is 29.1 Å². The zero-order valence-corrected chi connectivity index (χ0v) is 16.0. The van der Waals surface area contributed by atoms with Crippen molar-refractivity contribution in [3.05, 3.63) is 45.8 Å². The second kappa shape index (κ2) is 7.84. The predicted molar refractivity (Wildman–Crippen MR) is 101 cm³/mol. The first-order valence-electron chi connectivity index (χ1n) is 8.39. The van der Waals surface area contributed by atoms with Crippen molar-refractivity contribution >= 4 is 38.5 Å². The third-order valence-corrected chi connectivity index (χ3v) is 7.57. The first-order valence-corrected chi connectivity index (χ1v) is 11.3. The van der Waals surface area contributed by atoms with Crippen LogP contribution in [0.1, 0.15) is 24.5 Å². The number of hydrogen-bond acceptors (Lipinski definition) is 7. The van der Waals surface area contributed by atoms with Gasteiger partial charge < -0.3 is 9.15 Å². The maximum atomic E-state index is 12.0. The summed E-state index contributed by atoms with van der Waals surface area (Å²) in [6.45, 7) is 1.99. The quantitative estimate of drug-likeness (QED) is 0.547. The van der Waals surface area contributed by atoms with Crippen LogP contribution in [0.5, 0.6) is 0 Å². The van der Waals surface area contributed by atoms with Crippen LogP contribution in [0.3, 0.4) is 0 Å². The highest BCUT2D eigenvalue weighted by molar-refractivity contribution is 8.02. The Morgan fingerprint density at radius 1 is 1.35 bits per heavy atom. The van der Waals surface area contributed by atoms with E-state index in [1.165, 1.54) is 17.8 Å². The van der Waals surface area contributed by atoms with Crippen LogP contribution in [0, 0.1) is 0 Å². The van der Waals surface area contributed by atoms with Gasteiger partial charge in [-0.2, -0.15) is 0 Å². The van der Waals surface area contributed by atoms with Crippen molar-refractivity contribution in [2.45, 2.75) is 31.6 Å². The molecular formula is C18H20O6S2. The monoisotopic (exact) mass is 396 g/mol. The van der Waals surface area contributed by atoms with Gasteiger partial charge in [0.2, 0.25) is 0 Å². The van der Waals surface area contributed by atoms with Gasteiger partial charge in [0.1, 0.15) is 12.2 Å². The molecule has 1 aromatic heterocycles. The Balaban J connectivity index is 1.62. The van der Waals surface area contributed by atoms with Crippen LogP contribution in [-0.2, 0) is 32.4 Å². The van der Waals surface area contributed by atoms with E-state index in [4.69, 9.17) is 9.15 Å². The molecular weight excluding hydrogens is 376 g/mol. The Hall–Kier alpha value is -1.80. The minimum absolute atomic E-state index is 0.0179. The standard InChI is InChI=1S/C18H20O6S2/c1-2-12-3-4-15-13(8-17(19)24-16(15)7-12)9-23-18(20)10-25-14-5-6-26(21,22)11-14/h3-4,7-8,14H,2,5-6,9-11H2,1H3/t14-/m0/s1. The number of benzene rings is 1. The molecule has 1 aromatic carbocycles. The molecule has 0 spiro atoms. The molecule has 26 heavy (non-hydrogen) atoms. The summed E-state index contributed by atoms with van der Waals surface area (Å²) in [7, 11) is -2.95. The molecule has 0 saturated carbocycles. The summed E-state index contributed by atoms with van der Waals surface area (Å²) in [5, 5.41) is 0.689. The minimum atomic E-state index is -2.95. The van der Waals surface area contributed by atoms with Gasteiger partial charge in [0.25, 0.3) is 0 Å². The van der Waals surface area contributed by atoms with Crippen LogP contribution in [0.25, 0.3) is 11.0 Å². The average Bonchev–Trinajstić information content (AvgIpc) is 2.96. The lowest BCUT2D eigenvalue weighted by Crippen LogP contribution is -2.13. The van der Waals surface area contributed by atoms with Gasteiger partial charge in [0.15, 0.2) is 9.84 Å². The van der Waals surface area contributed by atoms with E-state index >= 15 is 0 Å². The van der Waals surface area contributed by atoms with E-state index in [1.807, 2.05) is 25.1 Å². The van der Waals surface area contributed by atoms with E-state index in [0.29, 0.717) is 17.6 Å². The highest BCUT2D eigenvalue weighted by Gasteiger charge is 2.28. The number of thioether (sulfide) groups is 1. The van der Waals surface area contributed by atoms with Crippen LogP contribution >= 0.6 is 11.8 Å². The SMILES string of the molecule is CCc1ccc2c(COC(=O)CS[C@H]3CCS(=O)(=O)C3)cc(=O)oc2c1. The summed E-state index contributed by atoms with van der Waals surface area (Å²) in [5.74, 6) is -0.0225. The molecule has 2 aromatic rings. The molecule has 6 nitrogen and oxygen atoms in total. The molecule has 1 aliphatic rings. The third-order valence-electron chi connectivity index (χ3n) is 4.32. The van der Waals surface area contributed by atoms with E-state index in [2.05, 4.69) is 0 Å². The average molecular weight is 396 g/mol.